The van der Waals surface area contributed by atoms with E-state index in [0.29, 0.717) is 24.5 Å². The number of benzene rings is 2. The number of carbonyl (C=O) groups excluding carboxylic acids is 1. The number of rotatable bonds is 15. The summed E-state index contributed by atoms with van der Waals surface area (Å²) in [5.74, 6) is -0.313. The second kappa shape index (κ2) is 14.7. The molecule has 0 aliphatic rings. The third-order valence-electron chi connectivity index (χ3n) is 5.49. The van der Waals surface area contributed by atoms with Crippen molar-refractivity contribution < 1.29 is 33.8 Å². The van der Waals surface area contributed by atoms with Crippen LogP contribution in [0.3, 0.4) is 0 Å². The molecule has 36 heavy (non-hydrogen) atoms. The molecule has 10 nitrogen and oxygen atoms in total. The molecule has 0 saturated heterocycles. The monoisotopic (exact) mass is 502 g/mol. The first-order chi connectivity index (χ1) is 17.2. The van der Waals surface area contributed by atoms with Crippen molar-refractivity contribution in [2.75, 3.05) is 26.3 Å². The van der Waals surface area contributed by atoms with Crippen LogP contribution < -0.4 is 9.47 Å². The zero-order chi connectivity index (χ0) is 26.5. The van der Waals surface area contributed by atoms with E-state index in [1.165, 1.54) is 17.0 Å². The minimum absolute atomic E-state index is 0.111. The number of hydrogen-bond donors (Lipinski definition) is 1. The van der Waals surface area contributed by atoms with E-state index >= 15 is 0 Å². The van der Waals surface area contributed by atoms with Crippen LogP contribution in [0.15, 0.2) is 42.5 Å². The standard InChI is InChI=1S/C26H34N2O8/c1-4-6-7-14-27(26(31)36-22-11-8-19(3)23(18-22)28(32)33)15-16-35-21-12-9-20(10-13-21)17-24(25(29)30)34-5-2/h8-13,18,24H,4-7,14-17H2,1-3H3,(H,29,30). The van der Waals surface area contributed by atoms with Crippen molar-refractivity contribution in [3.05, 3.63) is 63.7 Å². The molecule has 10 heteroatoms. The molecule has 2 rings (SSSR count). The summed E-state index contributed by atoms with van der Waals surface area (Å²) < 4.78 is 16.4. The SMILES string of the molecule is CCCCCN(CCOc1ccc(CC(OCC)C(=O)O)cc1)C(=O)Oc1ccc(C)c([N+](=O)[O-])c1. The number of carbonyl (C=O) groups is 2. The number of nitro groups is 1. The molecule has 0 saturated carbocycles. The average molecular weight is 503 g/mol. The summed E-state index contributed by atoms with van der Waals surface area (Å²) in [4.78, 5) is 36.3. The number of nitrogens with zero attached hydrogens (tertiary/aromatic N) is 2. The molecule has 1 atom stereocenters. The van der Waals surface area contributed by atoms with Crippen LogP contribution in [0, 0.1) is 17.0 Å². The Hall–Kier alpha value is -3.66. The fourth-order valence-electron chi connectivity index (χ4n) is 3.49. The van der Waals surface area contributed by atoms with Crippen LogP contribution >= 0.6 is 0 Å². The van der Waals surface area contributed by atoms with E-state index in [0.717, 1.165) is 24.8 Å². The van der Waals surface area contributed by atoms with Gasteiger partial charge in [-0.1, -0.05) is 31.9 Å². The first-order valence-electron chi connectivity index (χ1n) is 12.0. The predicted octanol–water partition coefficient (Wildman–Crippen LogP) is 5.01. The van der Waals surface area contributed by atoms with Gasteiger partial charge in [0, 0.05) is 25.1 Å². The summed E-state index contributed by atoms with van der Waals surface area (Å²) in [6.07, 6.45) is 1.47. The fraction of sp³-hybridized carbons (Fsp3) is 0.462. The van der Waals surface area contributed by atoms with Gasteiger partial charge in [0.25, 0.3) is 5.69 Å². The number of unbranched alkanes of at least 4 members (excludes halogenated alkanes) is 2. The molecule has 2 aromatic carbocycles. The highest BCUT2D eigenvalue weighted by molar-refractivity contribution is 5.72. The smallest absolute Gasteiger partial charge is 0.415 e. The highest BCUT2D eigenvalue weighted by Crippen LogP contribution is 2.24. The van der Waals surface area contributed by atoms with Crippen molar-refractivity contribution in [3.8, 4) is 11.5 Å². The minimum atomic E-state index is -1.01. The van der Waals surface area contributed by atoms with Gasteiger partial charge < -0.3 is 24.2 Å². The average Bonchev–Trinajstić information content (AvgIpc) is 2.84. The Kier molecular flexibility index (Phi) is 11.6. The van der Waals surface area contributed by atoms with Crippen LogP contribution in [-0.2, 0) is 16.0 Å². The van der Waals surface area contributed by atoms with Gasteiger partial charge in [-0.2, -0.15) is 0 Å². The zero-order valence-electron chi connectivity index (χ0n) is 21.0. The molecule has 1 unspecified atom stereocenters. The van der Waals surface area contributed by atoms with Crippen LogP contribution in [0.2, 0.25) is 0 Å². The molecule has 2 aromatic rings. The normalized spacial score (nSPS) is 11.5. The number of nitro benzene ring substituents is 1. The maximum atomic E-state index is 12.8. The van der Waals surface area contributed by atoms with E-state index in [1.54, 1.807) is 44.2 Å². The topological polar surface area (TPSA) is 128 Å². The molecular formula is C26H34N2O8. The van der Waals surface area contributed by atoms with Crippen molar-refractivity contribution >= 4 is 17.7 Å². The van der Waals surface area contributed by atoms with E-state index in [-0.39, 0.29) is 31.0 Å². The van der Waals surface area contributed by atoms with Crippen molar-refractivity contribution in [2.45, 2.75) is 52.6 Å². The van der Waals surface area contributed by atoms with Crippen molar-refractivity contribution in [1.29, 1.82) is 0 Å². The van der Waals surface area contributed by atoms with Crippen LogP contribution in [0.1, 0.15) is 44.2 Å². The second-order valence-corrected chi connectivity index (χ2v) is 8.25. The van der Waals surface area contributed by atoms with Gasteiger partial charge in [-0.3, -0.25) is 10.1 Å². The Morgan fingerprint density at radius 3 is 2.36 bits per heavy atom. The minimum Gasteiger partial charge on any atom is -0.492 e. The molecule has 1 amide bonds. The van der Waals surface area contributed by atoms with Gasteiger partial charge in [-0.05, 0) is 50.1 Å². The number of aliphatic carboxylic acids is 1. The number of aryl methyl sites for hydroxylation is 1. The van der Waals surface area contributed by atoms with Gasteiger partial charge in [0.15, 0.2) is 6.10 Å². The Labute approximate surface area is 210 Å². The highest BCUT2D eigenvalue weighted by atomic mass is 16.6. The number of carboxylic acid groups (broad SMARTS) is 1. The molecule has 0 spiro atoms. The lowest BCUT2D eigenvalue weighted by molar-refractivity contribution is -0.385. The van der Waals surface area contributed by atoms with Crippen molar-refractivity contribution in [3.63, 3.8) is 0 Å². The maximum absolute atomic E-state index is 12.8. The number of hydrogen-bond acceptors (Lipinski definition) is 7. The van der Waals surface area contributed by atoms with Crippen LogP contribution in [0.4, 0.5) is 10.5 Å². The van der Waals surface area contributed by atoms with Gasteiger partial charge in [0.1, 0.15) is 18.1 Å². The van der Waals surface area contributed by atoms with Gasteiger partial charge in [0.05, 0.1) is 17.5 Å². The summed E-state index contributed by atoms with van der Waals surface area (Å²) in [6, 6.07) is 11.4. The molecule has 1 N–H and O–H groups in total. The van der Waals surface area contributed by atoms with E-state index in [2.05, 4.69) is 6.92 Å². The summed E-state index contributed by atoms with van der Waals surface area (Å²) in [5.41, 5.74) is 1.18. The van der Waals surface area contributed by atoms with Crippen molar-refractivity contribution in [1.82, 2.24) is 4.90 Å². The van der Waals surface area contributed by atoms with E-state index in [4.69, 9.17) is 14.2 Å². The maximum Gasteiger partial charge on any atom is 0.415 e. The van der Waals surface area contributed by atoms with Crippen LogP contribution in [0.25, 0.3) is 0 Å². The Morgan fingerprint density at radius 1 is 1.06 bits per heavy atom. The Bertz CT molecular complexity index is 1010. The highest BCUT2D eigenvalue weighted by Gasteiger charge is 2.19. The molecular weight excluding hydrogens is 468 g/mol. The molecule has 0 radical (unpaired) electrons. The fourth-order valence-corrected chi connectivity index (χ4v) is 3.49. The van der Waals surface area contributed by atoms with Crippen LogP contribution in [0.5, 0.6) is 11.5 Å². The third-order valence-corrected chi connectivity index (χ3v) is 5.49. The lowest BCUT2D eigenvalue weighted by Crippen LogP contribution is -2.37. The molecule has 0 aliphatic heterocycles. The third kappa shape index (κ3) is 9.18. The van der Waals surface area contributed by atoms with Crippen molar-refractivity contribution in [2.24, 2.45) is 0 Å². The zero-order valence-corrected chi connectivity index (χ0v) is 21.0. The Balaban J connectivity index is 1.96. The van der Waals surface area contributed by atoms with E-state index in [1.807, 2.05) is 0 Å². The quantitative estimate of drug-likeness (QED) is 0.205. The second-order valence-electron chi connectivity index (χ2n) is 8.25. The summed E-state index contributed by atoms with van der Waals surface area (Å²) in [7, 11) is 0. The van der Waals surface area contributed by atoms with Crippen LogP contribution in [-0.4, -0.2) is 59.4 Å². The lowest BCUT2D eigenvalue weighted by Gasteiger charge is -2.22. The van der Waals surface area contributed by atoms with E-state index in [9.17, 15) is 24.8 Å². The molecule has 0 aromatic heterocycles. The largest absolute Gasteiger partial charge is 0.492 e. The molecule has 0 aliphatic carbocycles. The van der Waals surface area contributed by atoms with Gasteiger partial charge in [-0.25, -0.2) is 9.59 Å². The molecule has 0 fully saturated rings. The predicted molar refractivity (Wildman–Crippen MR) is 134 cm³/mol. The van der Waals surface area contributed by atoms with Gasteiger partial charge in [0.2, 0.25) is 0 Å². The first-order valence-corrected chi connectivity index (χ1v) is 12.0. The summed E-state index contributed by atoms with van der Waals surface area (Å²) >= 11 is 0. The lowest BCUT2D eigenvalue weighted by atomic mass is 10.1. The molecule has 196 valence electrons. The first kappa shape index (κ1) is 28.6. The number of amides is 1. The number of carboxylic acids is 1. The Morgan fingerprint density at radius 2 is 1.75 bits per heavy atom. The molecule has 0 bridgehead atoms. The van der Waals surface area contributed by atoms with E-state index < -0.39 is 23.1 Å². The van der Waals surface area contributed by atoms with Gasteiger partial charge in [-0.15, -0.1) is 0 Å². The summed E-state index contributed by atoms with van der Waals surface area (Å²) in [6.45, 7) is 6.70. The number of ether oxygens (including phenoxy) is 3. The summed E-state index contributed by atoms with van der Waals surface area (Å²) in [5, 5.41) is 20.4. The van der Waals surface area contributed by atoms with Gasteiger partial charge >= 0.3 is 12.1 Å². The molecule has 0 heterocycles.